The Bertz CT molecular complexity index is 717. The van der Waals surface area contributed by atoms with Crippen molar-refractivity contribution in [1.82, 2.24) is 10.3 Å². The van der Waals surface area contributed by atoms with Gasteiger partial charge in [-0.1, -0.05) is 23.7 Å². The molecular formula is C15H13ClN2O3. The number of aromatic nitrogens is 1. The number of halogens is 1. The van der Waals surface area contributed by atoms with E-state index < -0.39 is 5.97 Å². The SMILES string of the molecule is O=C1CC[C@@H](COC(=O)c2ccc3ccc(Cl)cc3n2)N1. The third-order valence-corrected chi connectivity index (χ3v) is 3.60. The van der Waals surface area contributed by atoms with Gasteiger partial charge >= 0.3 is 5.97 Å². The van der Waals surface area contributed by atoms with Crippen molar-refractivity contribution in [2.75, 3.05) is 6.61 Å². The Labute approximate surface area is 126 Å². The normalized spacial score (nSPS) is 17.8. The number of benzene rings is 1. The van der Waals surface area contributed by atoms with Crippen molar-refractivity contribution in [1.29, 1.82) is 0 Å². The lowest BCUT2D eigenvalue weighted by atomic mass is 10.2. The van der Waals surface area contributed by atoms with E-state index in [2.05, 4.69) is 10.3 Å². The summed E-state index contributed by atoms with van der Waals surface area (Å²) in [6.07, 6.45) is 1.17. The zero-order valence-corrected chi connectivity index (χ0v) is 11.9. The predicted molar refractivity (Wildman–Crippen MR) is 78.2 cm³/mol. The molecule has 1 aliphatic rings. The van der Waals surface area contributed by atoms with Crippen molar-refractivity contribution in [2.24, 2.45) is 0 Å². The number of pyridine rings is 1. The molecule has 1 aromatic carbocycles. The van der Waals surface area contributed by atoms with Gasteiger partial charge in [-0.15, -0.1) is 0 Å². The Hall–Kier alpha value is -2.14. The summed E-state index contributed by atoms with van der Waals surface area (Å²) in [5.74, 6) is -0.507. The molecule has 0 saturated carbocycles. The average molecular weight is 305 g/mol. The second-order valence-electron chi connectivity index (χ2n) is 4.94. The number of nitrogens with zero attached hydrogens (tertiary/aromatic N) is 1. The fourth-order valence-corrected chi connectivity index (χ4v) is 2.42. The van der Waals surface area contributed by atoms with Crippen LogP contribution in [0.3, 0.4) is 0 Å². The Morgan fingerprint density at radius 1 is 1.38 bits per heavy atom. The topological polar surface area (TPSA) is 68.3 Å². The van der Waals surface area contributed by atoms with E-state index in [4.69, 9.17) is 16.3 Å². The van der Waals surface area contributed by atoms with E-state index in [-0.39, 0.29) is 24.2 Å². The molecule has 5 nitrogen and oxygen atoms in total. The summed E-state index contributed by atoms with van der Waals surface area (Å²) in [5.41, 5.74) is 0.875. The summed E-state index contributed by atoms with van der Waals surface area (Å²) in [6.45, 7) is 0.167. The Balaban J connectivity index is 1.70. The molecule has 2 aromatic rings. The molecule has 1 fully saturated rings. The van der Waals surface area contributed by atoms with E-state index in [0.717, 1.165) is 5.39 Å². The van der Waals surface area contributed by atoms with Crippen molar-refractivity contribution in [3.63, 3.8) is 0 Å². The molecule has 3 rings (SSSR count). The fraction of sp³-hybridized carbons (Fsp3) is 0.267. The molecule has 1 saturated heterocycles. The average Bonchev–Trinajstić information content (AvgIpc) is 2.89. The second-order valence-corrected chi connectivity index (χ2v) is 5.37. The van der Waals surface area contributed by atoms with Crippen molar-refractivity contribution in [2.45, 2.75) is 18.9 Å². The van der Waals surface area contributed by atoms with Crippen molar-refractivity contribution >= 4 is 34.4 Å². The van der Waals surface area contributed by atoms with E-state index >= 15 is 0 Å². The number of amides is 1. The van der Waals surface area contributed by atoms with Crippen molar-refractivity contribution < 1.29 is 14.3 Å². The van der Waals surface area contributed by atoms with Gasteiger partial charge in [0.15, 0.2) is 0 Å². The van der Waals surface area contributed by atoms with Gasteiger partial charge in [-0.05, 0) is 24.6 Å². The van der Waals surface area contributed by atoms with Gasteiger partial charge in [0.2, 0.25) is 5.91 Å². The standard InChI is InChI=1S/C15H13ClN2O3/c16-10-3-1-9-2-5-12(18-13(9)7-10)15(20)21-8-11-4-6-14(19)17-11/h1-3,5,7,11H,4,6,8H2,(H,17,19)/t11-/m0/s1. The van der Waals surface area contributed by atoms with Crippen LogP contribution in [0.2, 0.25) is 5.02 Å². The second kappa shape index (κ2) is 5.69. The predicted octanol–water partition coefficient (Wildman–Crippen LogP) is 2.32. The van der Waals surface area contributed by atoms with Gasteiger partial charge in [0.05, 0.1) is 11.6 Å². The maximum atomic E-state index is 12.0. The first-order valence-corrected chi connectivity index (χ1v) is 7.02. The van der Waals surface area contributed by atoms with Crippen LogP contribution in [-0.4, -0.2) is 29.5 Å². The number of fused-ring (bicyclic) bond motifs is 1. The minimum atomic E-state index is -0.502. The van der Waals surface area contributed by atoms with Gasteiger partial charge in [-0.3, -0.25) is 4.79 Å². The third kappa shape index (κ3) is 3.13. The van der Waals surface area contributed by atoms with Gasteiger partial charge in [-0.25, -0.2) is 9.78 Å². The number of esters is 1. The molecule has 0 unspecified atom stereocenters. The molecule has 0 aliphatic carbocycles. The Kier molecular flexibility index (Phi) is 3.75. The molecule has 0 spiro atoms. The highest BCUT2D eigenvalue weighted by Gasteiger charge is 2.22. The summed E-state index contributed by atoms with van der Waals surface area (Å²) >= 11 is 5.92. The Morgan fingerprint density at radius 2 is 2.19 bits per heavy atom. The van der Waals surface area contributed by atoms with Gasteiger partial charge in [0.25, 0.3) is 0 Å². The zero-order valence-electron chi connectivity index (χ0n) is 11.1. The number of carbonyl (C=O) groups is 2. The lowest BCUT2D eigenvalue weighted by Crippen LogP contribution is -2.30. The molecule has 1 amide bonds. The summed E-state index contributed by atoms with van der Waals surface area (Å²) < 4.78 is 5.19. The number of hydrogen-bond acceptors (Lipinski definition) is 4. The van der Waals surface area contributed by atoms with Crippen LogP contribution in [0.15, 0.2) is 30.3 Å². The van der Waals surface area contributed by atoms with Gasteiger partial charge in [0, 0.05) is 16.8 Å². The van der Waals surface area contributed by atoms with Crippen LogP contribution in [0, 0.1) is 0 Å². The van der Waals surface area contributed by atoms with E-state index in [1.807, 2.05) is 6.07 Å². The van der Waals surface area contributed by atoms with Crippen LogP contribution in [0.5, 0.6) is 0 Å². The molecule has 108 valence electrons. The minimum Gasteiger partial charge on any atom is -0.459 e. The number of carbonyl (C=O) groups excluding carboxylic acids is 2. The molecule has 2 heterocycles. The largest absolute Gasteiger partial charge is 0.459 e. The van der Waals surface area contributed by atoms with Gasteiger partial charge in [-0.2, -0.15) is 0 Å². The smallest absolute Gasteiger partial charge is 0.357 e. The molecule has 6 heteroatoms. The molecule has 0 radical (unpaired) electrons. The van der Waals surface area contributed by atoms with Crippen LogP contribution in [0.1, 0.15) is 23.3 Å². The van der Waals surface area contributed by atoms with Crippen LogP contribution in [0.25, 0.3) is 10.9 Å². The monoisotopic (exact) mass is 304 g/mol. The number of ether oxygens (including phenoxy) is 1. The molecule has 0 bridgehead atoms. The van der Waals surface area contributed by atoms with E-state index in [1.165, 1.54) is 0 Å². The Morgan fingerprint density at radius 3 is 2.95 bits per heavy atom. The fourth-order valence-electron chi connectivity index (χ4n) is 2.26. The van der Waals surface area contributed by atoms with Crippen LogP contribution in [-0.2, 0) is 9.53 Å². The summed E-state index contributed by atoms with van der Waals surface area (Å²) in [7, 11) is 0. The highest BCUT2D eigenvalue weighted by atomic mass is 35.5. The van der Waals surface area contributed by atoms with Gasteiger partial charge in [0.1, 0.15) is 12.3 Å². The van der Waals surface area contributed by atoms with Crippen LogP contribution < -0.4 is 5.32 Å². The molecule has 1 aliphatic heterocycles. The molecule has 21 heavy (non-hydrogen) atoms. The number of hydrogen-bond donors (Lipinski definition) is 1. The molecule has 1 atom stereocenters. The van der Waals surface area contributed by atoms with E-state index in [0.29, 0.717) is 23.4 Å². The quantitative estimate of drug-likeness (QED) is 0.884. The summed E-state index contributed by atoms with van der Waals surface area (Å²) in [5, 5.41) is 4.21. The molecular weight excluding hydrogens is 292 g/mol. The first kappa shape index (κ1) is 13.8. The first-order valence-electron chi connectivity index (χ1n) is 6.64. The molecule has 1 aromatic heterocycles. The van der Waals surface area contributed by atoms with Crippen LogP contribution in [0.4, 0.5) is 0 Å². The summed E-state index contributed by atoms with van der Waals surface area (Å²) in [4.78, 5) is 27.3. The zero-order chi connectivity index (χ0) is 14.8. The lowest BCUT2D eigenvalue weighted by molar-refractivity contribution is -0.119. The van der Waals surface area contributed by atoms with Gasteiger partial charge < -0.3 is 10.1 Å². The number of nitrogens with one attached hydrogen (secondary N) is 1. The lowest BCUT2D eigenvalue weighted by Gasteiger charge is -2.10. The van der Waals surface area contributed by atoms with E-state index in [9.17, 15) is 9.59 Å². The van der Waals surface area contributed by atoms with Crippen molar-refractivity contribution in [3.05, 3.63) is 41.0 Å². The van der Waals surface area contributed by atoms with Crippen molar-refractivity contribution in [3.8, 4) is 0 Å². The highest BCUT2D eigenvalue weighted by molar-refractivity contribution is 6.31. The maximum absolute atomic E-state index is 12.0. The first-order chi connectivity index (χ1) is 10.1. The molecule has 1 N–H and O–H groups in total. The summed E-state index contributed by atoms with van der Waals surface area (Å²) in [6, 6.07) is 8.63. The highest BCUT2D eigenvalue weighted by Crippen LogP contribution is 2.18. The number of rotatable bonds is 3. The third-order valence-electron chi connectivity index (χ3n) is 3.36. The maximum Gasteiger partial charge on any atom is 0.357 e. The van der Waals surface area contributed by atoms with Crippen LogP contribution >= 0.6 is 11.6 Å². The minimum absolute atomic E-state index is 0.00507. The van der Waals surface area contributed by atoms with E-state index in [1.54, 1.807) is 24.3 Å².